The number of piperidine rings is 1. The molecule has 1 saturated heterocycles. The summed E-state index contributed by atoms with van der Waals surface area (Å²) in [6, 6.07) is 2.23. The third-order valence-corrected chi connectivity index (χ3v) is 5.39. The van der Waals surface area contributed by atoms with Gasteiger partial charge in [0.2, 0.25) is 16.1 Å². The quantitative estimate of drug-likeness (QED) is 0.633. The zero-order valence-corrected chi connectivity index (χ0v) is 12.1. The molecule has 0 bridgehead atoms. The molecule has 1 aromatic carbocycles. The molecule has 1 heterocycles. The van der Waals surface area contributed by atoms with E-state index in [9.17, 15) is 22.0 Å². The van der Waals surface area contributed by atoms with Crippen molar-refractivity contribution in [1.29, 1.82) is 0 Å². The minimum Gasteiger partial charge on any atom is -0.211 e. The van der Waals surface area contributed by atoms with Crippen molar-refractivity contribution in [3.8, 4) is 0 Å². The van der Waals surface area contributed by atoms with Crippen LogP contribution in [0.25, 0.3) is 0 Å². The minimum atomic E-state index is -4.27. The zero-order chi connectivity index (χ0) is 15.6. The summed E-state index contributed by atoms with van der Waals surface area (Å²) in [6.45, 7) is 1.84. The second-order valence-corrected chi connectivity index (χ2v) is 6.80. The standard InChI is InChI=1S/C13H14F2N2O3S/c1-9-3-2-6-17(13(9)16-8-18)21(19,20)12-7-10(14)4-5-11(12)15/h4-5,7,9,13H,2-3,6H2,1H3. The molecule has 8 heteroatoms. The summed E-state index contributed by atoms with van der Waals surface area (Å²) in [6.07, 6.45) is 1.65. The summed E-state index contributed by atoms with van der Waals surface area (Å²) in [5.74, 6) is -2.09. The molecule has 5 nitrogen and oxygen atoms in total. The molecule has 2 unspecified atom stereocenters. The van der Waals surface area contributed by atoms with E-state index in [1.807, 2.05) is 0 Å². The maximum absolute atomic E-state index is 13.7. The Bertz CT molecular complexity index is 687. The second-order valence-electron chi connectivity index (χ2n) is 4.94. The van der Waals surface area contributed by atoms with Gasteiger partial charge >= 0.3 is 0 Å². The van der Waals surface area contributed by atoms with E-state index in [-0.39, 0.29) is 12.5 Å². The fourth-order valence-electron chi connectivity index (χ4n) is 2.44. The Hall–Kier alpha value is -1.63. The van der Waals surface area contributed by atoms with E-state index in [0.717, 1.165) is 16.4 Å². The normalized spacial score (nSPS) is 23.6. The number of hydrogen-bond donors (Lipinski definition) is 0. The lowest BCUT2D eigenvalue weighted by molar-refractivity contribution is 0.193. The predicted molar refractivity (Wildman–Crippen MR) is 70.6 cm³/mol. The topological polar surface area (TPSA) is 66.8 Å². The summed E-state index contributed by atoms with van der Waals surface area (Å²) >= 11 is 0. The van der Waals surface area contributed by atoms with E-state index >= 15 is 0 Å². The summed E-state index contributed by atoms with van der Waals surface area (Å²) in [5, 5.41) is 0. The zero-order valence-electron chi connectivity index (χ0n) is 11.3. The molecular formula is C13H14F2N2O3S. The Morgan fingerprint density at radius 3 is 2.76 bits per heavy atom. The van der Waals surface area contributed by atoms with Crippen LogP contribution in [0.1, 0.15) is 19.8 Å². The van der Waals surface area contributed by atoms with Crippen molar-refractivity contribution in [2.45, 2.75) is 30.8 Å². The number of hydrogen-bond acceptors (Lipinski definition) is 4. The summed E-state index contributed by atoms with van der Waals surface area (Å²) < 4.78 is 53.0. The highest BCUT2D eigenvalue weighted by Crippen LogP contribution is 2.30. The van der Waals surface area contributed by atoms with Crippen molar-refractivity contribution in [3.05, 3.63) is 29.8 Å². The predicted octanol–water partition coefficient (Wildman–Crippen LogP) is 2.05. The number of carbonyl (C=O) groups excluding carboxylic acids is 1. The maximum Gasteiger partial charge on any atom is 0.247 e. The van der Waals surface area contributed by atoms with Gasteiger partial charge in [-0.15, -0.1) is 0 Å². The number of isocyanates is 1. The van der Waals surface area contributed by atoms with Crippen LogP contribution in [-0.4, -0.2) is 31.5 Å². The molecule has 114 valence electrons. The van der Waals surface area contributed by atoms with Gasteiger partial charge in [-0.1, -0.05) is 6.92 Å². The van der Waals surface area contributed by atoms with Crippen LogP contribution in [0.15, 0.2) is 28.1 Å². The Morgan fingerprint density at radius 2 is 2.10 bits per heavy atom. The van der Waals surface area contributed by atoms with E-state index in [4.69, 9.17) is 0 Å². The third kappa shape index (κ3) is 3.02. The minimum absolute atomic E-state index is 0.0957. The number of aliphatic imine (C=N–C) groups is 1. The molecule has 1 aliphatic rings. The molecule has 2 atom stereocenters. The summed E-state index contributed by atoms with van der Waals surface area (Å²) in [5.41, 5.74) is 0. The second kappa shape index (κ2) is 6.01. The van der Waals surface area contributed by atoms with E-state index in [1.54, 1.807) is 6.92 Å². The molecule has 0 radical (unpaired) electrons. The van der Waals surface area contributed by atoms with E-state index in [2.05, 4.69) is 4.99 Å². The average Bonchev–Trinajstić information content (AvgIpc) is 2.43. The monoisotopic (exact) mass is 316 g/mol. The smallest absolute Gasteiger partial charge is 0.211 e. The fourth-order valence-corrected chi connectivity index (χ4v) is 4.18. The lowest BCUT2D eigenvalue weighted by Gasteiger charge is -2.35. The summed E-state index contributed by atoms with van der Waals surface area (Å²) in [4.78, 5) is 13.3. The van der Waals surface area contributed by atoms with Gasteiger partial charge in [0.1, 0.15) is 22.7 Å². The highest BCUT2D eigenvalue weighted by atomic mass is 32.2. The van der Waals surface area contributed by atoms with Gasteiger partial charge in [-0.3, -0.25) is 0 Å². The van der Waals surface area contributed by atoms with Crippen LogP contribution in [0.4, 0.5) is 8.78 Å². The van der Waals surface area contributed by atoms with Gasteiger partial charge in [0, 0.05) is 6.54 Å². The third-order valence-electron chi connectivity index (χ3n) is 3.51. The largest absolute Gasteiger partial charge is 0.247 e. The van der Waals surface area contributed by atoms with Gasteiger partial charge in [-0.05, 0) is 37.0 Å². The Morgan fingerprint density at radius 1 is 1.38 bits per heavy atom. The highest BCUT2D eigenvalue weighted by molar-refractivity contribution is 7.89. The number of sulfonamides is 1. The van der Waals surface area contributed by atoms with E-state index < -0.39 is 32.7 Å². The van der Waals surface area contributed by atoms with Crippen molar-refractivity contribution in [1.82, 2.24) is 4.31 Å². The first kappa shape index (κ1) is 15.8. The summed E-state index contributed by atoms with van der Waals surface area (Å²) in [7, 11) is -4.27. The Kier molecular flexibility index (Phi) is 4.51. The van der Waals surface area contributed by atoms with Crippen molar-refractivity contribution >= 4 is 16.1 Å². The van der Waals surface area contributed by atoms with Crippen LogP contribution in [-0.2, 0) is 14.8 Å². The van der Waals surface area contributed by atoms with Crippen LogP contribution >= 0.6 is 0 Å². The molecule has 0 aliphatic carbocycles. The lowest BCUT2D eigenvalue weighted by Crippen LogP contribution is -2.46. The highest BCUT2D eigenvalue weighted by Gasteiger charge is 2.38. The number of benzene rings is 1. The first-order valence-corrected chi connectivity index (χ1v) is 7.86. The van der Waals surface area contributed by atoms with E-state index in [1.165, 1.54) is 6.08 Å². The van der Waals surface area contributed by atoms with Gasteiger partial charge in [-0.25, -0.2) is 22.0 Å². The van der Waals surface area contributed by atoms with Crippen LogP contribution in [0.2, 0.25) is 0 Å². The number of halogens is 2. The molecule has 21 heavy (non-hydrogen) atoms. The first-order chi connectivity index (χ1) is 9.87. The van der Waals surface area contributed by atoms with Crippen molar-refractivity contribution in [2.75, 3.05) is 6.54 Å². The Labute approximate surface area is 121 Å². The van der Waals surface area contributed by atoms with Gasteiger partial charge in [0.15, 0.2) is 0 Å². The van der Waals surface area contributed by atoms with Crippen molar-refractivity contribution in [3.63, 3.8) is 0 Å². The lowest BCUT2D eigenvalue weighted by atomic mass is 9.98. The molecule has 0 saturated carbocycles. The molecule has 1 aliphatic heterocycles. The molecule has 1 fully saturated rings. The van der Waals surface area contributed by atoms with Crippen LogP contribution in [0.5, 0.6) is 0 Å². The molecule has 2 rings (SSSR count). The van der Waals surface area contributed by atoms with Crippen molar-refractivity contribution < 1.29 is 22.0 Å². The molecule has 0 amide bonds. The molecular weight excluding hydrogens is 302 g/mol. The van der Waals surface area contributed by atoms with Crippen LogP contribution in [0, 0.1) is 17.6 Å². The van der Waals surface area contributed by atoms with E-state index in [0.29, 0.717) is 18.9 Å². The average molecular weight is 316 g/mol. The van der Waals surface area contributed by atoms with Gasteiger partial charge in [0.25, 0.3) is 0 Å². The van der Waals surface area contributed by atoms with Gasteiger partial charge < -0.3 is 0 Å². The van der Waals surface area contributed by atoms with Crippen LogP contribution < -0.4 is 0 Å². The van der Waals surface area contributed by atoms with Crippen molar-refractivity contribution in [2.24, 2.45) is 10.9 Å². The molecule has 0 N–H and O–H groups in total. The van der Waals surface area contributed by atoms with Crippen LogP contribution in [0.3, 0.4) is 0 Å². The Balaban J connectivity index is 2.50. The molecule has 0 spiro atoms. The van der Waals surface area contributed by atoms with Gasteiger partial charge in [0.05, 0.1) is 0 Å². The maximum atomic E-state index is 13.7. The fraction of sp³-hybridized carbons (Fsp3) is 0.462. The SMILES string of the molecule is CC1CCCN(S(=O)(=O)c2cc(F)ccc2F)C1N=C=O. The number of nitrogens with zero attached hydrogens (tertiary/aromatic N) is 2. The molecule has 1 aromatic rings. The van der Waals surface area contributed by atoms with Gasteiger partial charge in [-0.2, -0.15) is 9.30 Å². The molecule has 0 aromatic heterocycles. The number of rotatable bonds is 3. The first-order valence-electron chi connectivity index (χ1n) is 6.42.